The number of hydrogen-bond acceptors (Lipinski definition) is 5. The van der Waals surface area contributed by atoms with E-state index in [1.807, 2.05) is 26.0 Å². The van der Waals surface area contributed by atoms with E-state index in [1.54, 1.807) is 6.07 Å². The third-order valence-electron chi connectivity index (χ3n) is 3.96. The Morgan fingerprint density at radius 1 is 1.52 bits per heavy atom. The number of hydrogen-bond donors (Lipinski definition) is 3. The molecular formula is C14H21N3O3S. The highest BCUT2D eigenvalue weighted by atomic mass is 32.2. The molecule has 0 amide bonds. The number of nitrogens with zero attached hydrogens (tertiary/aromatic N) is 1. The van der Waals surface area contributed by atoms with Gasteiger partial charge in [-0.2, -0.15) is 0 Å². The van der Waals surface area contributed by atoms with Crippen molar-refractivity contribution >= 4 is 15.7 Å². The zero-order chi connectivity index (χ0) is 15.7. The molecular weight excluding hydrogens is 290 g/mol. The average Bonchev–Trinajstić information content (AvgIpc) is 2.71. The number of rotatable bonds is 4. The number of aryl methyl sites for hydroxylation is 1. The Morgan fingerprint density at radius 2 is 2.24 bits per heavy atom. The highest BCUT2D eigenvalue weighted by Gasteiger charge is 2.37. The summed E-state index contributed by atoms with van der Waals surface area (Å²) < 4.78 is 23.2. The van der Waals surface area contributed by atoms with Crippen LogP contribution in [0.3, 0.4) is 0 Å². The molecule has 0 bridgehead atoms. The molecule has 7 heteroatoms. The maximum Gasteiger partial charge on any atom is 0.170 e. The Hall–Kier alpha value is -1.60. The van der Waals surface area contributed by atoms with Gasteiger partial charge < -0.3 is 16.3 Å². The molecule has 6 nitrogen and oxygen atoms in total. The van der Waals surface area contributed by atoms with Gasteiger partial charge in [0.25, 0.3) is 0 Å². The summed E-state index contributed by atoms with van der Waals surface area (Å²) in [6.45, 7) is 4.48. The molecule has 116 valence electrons. The Morgan fingerprint density at radius 3 is 2.76 bits per heavy atom. The van der Waals surface area contributed by atoms with Crippen LogP contribution in [0.4, 0.5) is 0 Å². The van der Waals surface area contributed by atoms with Gasteiger partial charge in [0.15, 0.2) is 15.7 Å². The van der Waals surface area contributed by atoms with Gasteiger partial charge in [0, 0.05) is 17.6 Å². The molecule has 1 saturated heterocycles. The smallest absolute Gasteiger partial charge is 0.170 e. The van der Waals surface area contributed by atoms with Crippen LogP contribution >= 0.6 is 0 Å². The van der Waals surface area contributed by atoms with Crippen molar-refractivity contribution in [3.8, 4) is 0 Å². The van der Waals surface area contributed by atoms with Gasteiger partial charge in [0.2, 0.25) is 0 Å². The molecule has 0 aliphatic carbocycles. The van der Waals surface area contributed by atoms with Crippen LogP contribution in [0.15, 0.2) is 23.4 Å². The number of benzene rings is 1. The quantitative estimate of drug-likeness (QED) is 0.329. The monoisotopic (exact) mass is 311 g/mol. The highest BCUT2D eigenvalue weighted by Crippen LogP contribution is 2.23. The van der Waals surface area contributed by atoms with Crippen molar-refractivity contribution in [2.75, 3.05) is 11.5 Å². The summed E-state index contributed by atoms with van der Waals surface area (Å²) in [6, 6.07) is 5.54. The van der Waals surface area contributed by atoms with E-state index < -0.39 is 9.84 Å². The molecule has 1 aliphatic heterocycles. The van der Waals surface area contributed by atoms with Crippen LogP contribution in [-0.2, 0) is 16.4 Å². The zero-order valence-electron chi connectivity index (χ0n) is 12.3. The maximum absolute atomic E-state index is 11.6. The van der Waals surface area contributed by atoms with Gasteiger partial charge in [-0.15, -0.1) is 0 Å². The first-order valence-corrected chi connectivity index (χ1v) is 8.60. The van der Waals surface area contributed by atoms with E-state index in [9.17, 15) is 8.42 Å². The molecule has 0 saturated carbocycles. The highest BCUT2D eigenvalue weighted by molar-refractivity contribution is 7.91. The van der Waals surface area contributed by atoms with E-state index in [-0.39, 0.29) is 22.9 Å². The molecule has 1 unspecified atom stereocenters. The second-order valence-corrected chi connectivity index (χ2v) is 8.07. The van der Waals surface area contributed by atoms with Crippen LogP contribution in [0.2, 0.25) is 0 Å². The third kappa shape index (κ3) is 3.74. The lowest BCUT2D eigenvalue weighted by Gasteiger charge is -2.24. The minimum Gasteiger partial charge on any atom is -0.409 e. The van der Waals surface area contributed by atoms with E-state index in [0.717, 1.165) is 11.1 Å². The van der Waals surface area contributed by atoms with Crippen LogP contribution in [-0.4, -0.2) is 36.5 Å². The van der Waals surface area contributed by atoms with E-state index >= 15 is 0 Å². The summed E-state index contributed by atoms with van der Waals surface area (Å²) in [4.78, 5) is 0. The second kappa shape index (κ2) is 5.65. The topological polar surface area (TPSA) is 105 Å². The van der Waals surface area contributed by atoms with Crippen LogP contribution in [0.5, 0.6) is 0 Å². The largest absolute Gasteiger partial charge is 0.409 e. The number of sulfone groups is 1. The van der Waals surface area contributed by atoms with Crippen molar-refractivity contribution in [1.29, 1.82) is 0 Å². The maximum atomic E-state index is 11.6. The fourth-order valence-corrected chi connectivity index (χ4v) is 4.69. The van der Waals surface area contributed by atoms with Crippen molar-refractivity contribution in [3.63, 3.8) is 0 Å². The molecule has 1 fully saturated rings. The predicted octanol–water partition coefficient (Wildman–Crippen LogP) is 0.756. The Balaban J connectivity index is 2.08. The van der Waals surface area contributed by atoms with E-state index in [0.29, 0.717) is 18.5 Å². The lowest BCUT2D eigenvalue weighted by molar-refractivity contribution is 0.318. The van der Waals surface area contributed by atoms with Gasteiger partial charge in [-0.1, -0.05) is 17.3 Å². The first kappa shape index (κ1) is 15.8. The van der Waals surface area contributed by atoms with Gasteiger partial charge >= 0.3 is 0 Å². The molecule has 21 heavy (non-hydrogen) atoms. The first-order valence-electron chi connectivity index (χ1n) is 6.78. The SMILES string of the molecule is Cc1cc(/C(N)=N/O)ccc1CNC1(C)CCS(=O)(=O)C1. The summed E-state index contributed by atoms with van der Waals surface area (Å²) >= 11 is 0. The van der Waals surface area contributed by atoms with E-state index in [1.165, 1.54) is 0 Å². The van der Waals surface area contributed by atoms with Crippen molar-refractivity contribution in [1.82, 2.24) is 5.32 Å². The number of oxime groups is 1. The summed E-state index contributed by atoms with van der Waals surface area (Å²) in [5.74, 6) is 0.505. The van der Waals surface area contributed by atoms with Crippen molar-refractivity contribution in [3.05, 3.63) is 34.9 Å². The zero-order valence-corrected chi connectivity index (χ0v) is 13.1. The summed E-state index contributed by atoms with van der Waals surface area (Å²) in [5.41, 5.74) is 7.93. The van der Waals surface area contributed by atoms with Crippen LogP contribution < -0.4 is 11.1 Å². The minimum atomic E-state index is -2.91. The van der Waals surface area contributed by atoms with E-state index in [2.05, 4.69) is 10.5 Å². The molecule has 2 rings (SSSR count). The minimum absolute atomic E-state index is 0.0754. The van der Waals surface area contributed by atoms with Crippen molar-refractivity contribution < 1.29 is 13.6 Å². The third-order valence-corrected chi connectivity index (χ3v) is 5.86. The molecule has 1 aliphatic rings. The average molecular weight is 311 g/mol. The Bertz CT molecular complexity index is 670. The van der Waals surface area contributed by atoms with E-state index in [4.69, 9.17) is 10.9 Å². The van der Waals surface area contributed by atoms with Crippen molar-refractivity contribution in [2.24, 2.45) is 10.9 Å². The van der Waals surface area contributed by atoms with Gasteiger partial charge in [0.1, 0.15) is 0 Å². The predicted molar refractivity (Wildman–Crippen MR) is 82.2 cm³/mol. The summed E-state index contributed by atoms with van der Waals surface area (Å²) in [5, 5.41) is 15.0. The Labute approximate surface area is 125 Å². The van der Waals surface area contributed by atoms with Gasteiger partial charge in [-0.25, -0.2) is 8.42 Å². The molecule has 0 spiro atoms. The van der Waals surface area contributed by atoms with Gasteiger partial charge in [-0.05, 0) is 37.5 Å². The van der Waals surface area contributed by atoms with Crippen LogP contribution in [0.25, 0.3) is 0 Å². The molecule has 0 radical (unpaired) electrons. The number of nitrogens with two attached hydrogens (primary N) is 1. The number of nitrogens with one attached hydrogen (secondary N) is 1. The molecule has 1 atom stereocenters. The molecule has 4 N–H and O–H groups in total. The number of amidine groups is 1. The van der Waals surface area contributed by atoms with Crippen LogP contribution in [0.1, 0.15) is 30.0 Å². The first-order chi connectivity index (χ1) is 9.75. The molecule has 1 aromatic carbocycles. The standard InChI is InChI=1S/C14H21N3O3S/c1-10-7-11(13(15)17-18)3-4-12(10)8-16-14(2)5-6-21(19,20)9-14/h3-4,7,16,18H,5-6,8-9H2,1-2H3,(H2,15,17). The fourth-order valence-electron chi connectivity index (χ4n) is 2.57. The Kier molecular flexibility index (Phi) is 4.25. The lowest BCUT2D eigenvalue weighted by Crippen LogP contribution is -2.42. The fraction of sp³-hybridized carbons (Fsp3) is 0.500. The summed E-state index contributed by atoms with van der Waals surface area (Å²) in [6.07, 6.45) is 0.635. The normalized spacial score (nSPS) is 25.1. The molecule has 1 heterocycles. The van der Waals surface area contributed by atoms with Gasteiger partial charge in [-0.3, -0.25) is 0 Å². The summed E-state index contributed by atoms with van der Waals surface area (Å²) in [7, 11) is -2.91. The van der Waals surface area contributed by atoms with Crippen LogP contribution in [0, 0.1) is 6.92 Å². The van der Waals surface area contributed by atoms with Gasteiger partial charge in [0.05, 0.1) is 11.5 Å². The molecule has 0 aromatic heterocycles. The van der Waals surface area contributed by atoms with Crippen molar-refractivity contribution in [2.45, 2.75) is 32.4 Å². The molecule has 1 aromatic rings. The second-order valence-electron chi connectivity index (χ2n) is 5.88. The lowest BCUT2D eigenvalue weighted by atomic mass is 10.00.